The van der Waals surface area contributed by atoms with E-state index in [0.29, 0.717) is 13.0 Å². The quantitative estimate of drug-likeness (QED) is 0.115. The van der Waals surface area contributed by atoms with E-state index in [9.17, 15) is 37.5 Å². The fourth-order valence-corrected chi connectivity index (χ4v) is 5.16. The lowest BCUT2D eigenvalue weighted by molar-refractivity contribution is -0.192. The van der Waals surface area contributed by atoms with Gasteiger partial charge in [-0.2, -0.15) is 23.2 Å². The number of anilines is 1. The van der Waals surface area contributed by atoms with Gasteiger partial charge in [0.2, 0.25) is 0 Å². The summed E-state index contributed by atoms with van der Waals surface area (Å²) >= 11 is 0. The molecule has 6 atom stereocenters. The van der Waals surface area contributed by atoms with Crippen molar-refractivity contribution in [2.24, 2.45) is 0 Å². The van der Waals surface area contributed by atoms with Gasteiger partial charge in [0.05, 0.1) is 13.2 Å². The highest BCUT2D eigenvalue weighted by Crippen LogP contribution is 2.46. The third-order valence-electron chi connectivity index (χ3n) is 5.92. The number of carbonyl (C=O) groups is 2. The predicted octanol–water partition coefficient (Wildman–Crippen LogP) is 1.23. The molecule has 0 bridgehead atoms. The number of para-hydroxylation sites is 1. The summed E-state index contributed by atoms with van der Waals surface area (Å²) in [7, 11) is -2.74. The molecule has 1 unspecified atom stereocenters. The number of nitrogen functional groups attached to an aromatic ring is 1. The zero-order valence-corrected chi connectivity index (χ0v) is 25.1. The number of hydrogen-bond acceptors (Lipinski definition) is 13. The number of carbonyl (C=O) groups excluding carboxylic acids is 1. The molecule has 16 nitrogen and oxygen atoms in total. The summed E-state index contributed by atoms with van der Waals surface area (Å²) in [6, 6.07) is 8.33. The van der Waals surface area contributed by atoms with Crippen molar-refractivity contribution in [3.05, 3.63) is 53.1 Å². The minimum absolute atomic E-state index is 0.0271. The molecule has 2 heterocycles. The van der Waals surface area contributed by atoms with E-state index in [1.165, 1.54) is 45.4 Å². The number of nitrogens with one attached hydrogen (secondary N) is 1. The van der Waals surface area contributed by atoms with Crippen LogP contribution in [0.25, 0.3) is 0 Å². The van der Waals surface area contributed by atoms with Crippen LogP contribution in [0.15, 0.2) is 47.4 Å². The van der Waals surface area contributed by atoms with E-state index in [2.05, 4.69) is 10.1 Å². The number of aliphatic hydroxyl groups excluding tert-OH is 1. The maximum atomic E-state index is 13.7. The van der Waals surface area contributed by atoms with Crippen LogP contribution < -0.4 is 21.0 Å². The van der Waals surface area contributed by atoms with Gasteiger partial charge in [0.15, 0.2) is 6.23 Å². The highest BCUT2D eigenvalue weighted by atomic mass is 31.2. The van der Waals surface area contributed by atoms with E-state index in [1.807, 2.05) is 0 Å². The van der Waals surface area contributed by atoms with E-state index in [4.69, 9.17) is 38.9 Å². The molecule has 1 aliphatic heterocycles. The Morgan fingerprint density at radius 1 is 1.24 bits per heavy atom. The smallest absolute Gasteiger partial charge is 0.475 e. The van der Waals surface area contributed by atoms with Crippen LogP contribution in [0.4, 0.5) is 19.0 Å². The molecular formula is C25H34F3N4O12P. The van der Waals surface area contributed by atoms with Gasteiger partial charge in [-0.15, -0.1) is 0 Å². The number of ether oxygens (including phenoxy) is 3. The van der Waals surface area contributed by atoms with Crippen LogP contribution in [0.1, 0.15) is 26.5 Å². The van der Waals surface area contributed by atoms with Crippen molar-refractivity contribution < 1.29 is 65.9 Å². The second kappa shape index (κ2) is 16.1. The highest BCUT2D eigenvalue weighted by molar-refractivity contribution is 7.52. The molecule has 1 aliphatic rings. The first kappa shape index (κ1) is 37.6. The first-order chi connectivity index (χ1) is 20.9. The van der Waals surface area contributed by atoms with Gasteiger partial charge in [0.1, 0.15) is 35.4 Å². The lowest BCUT2D eigenvalue weighted by Crippen LogP contribution is -2.46. The molecule has 1 saturated heterocycles. The van der Waals surface area contributed by atoms with Gasteiger partial charge in [0.25, 0.3) is 0 Å². The fourth-order valence-electron chi connectivity index (χ4n) is 3.65. The summed E-state index contributed by atoms with van der Waals surface area (Å²) < 4.78 is 73.3. The van der Waals surface area contributed by atoms with Gasteiger partial charge < -0.3 is 39.8 Å². The molecule has 252 valence electrons. The number of rotatable bonds is 13. The summed E-state index contributed by atoms with van der Waals surface area (Å²) in [6.07, 6.45) is -7.50. The monoisotopic (exact) mass is 670 g/mol. The van der Waals surface area contributed by atoms with Gasteiger partial charge in [-0.1, -0.05) is 18.2 Å². The Morgan fingerprint density at radius 3 is 2.42 bits per heavy atom. The maximum Gasteiger partial charge on any atom is 0.490 e. The molecule has 1 fully saturated rings. The fraction of sp³-hybridized carbons (Fsp3) is 0.520. The largest absolute Gasteiger partial charge is 0.490 e. The van der Waals surface area contributed by atoms with Crippen LogP contribution in [-0.2, 0) is 32.9 Å². The van der Waals surface area contributed by atoms with E-state index in [-0.39, 0.29) is 18.2 Å². The van der Waals surface area contributed by atoms with Crippen LogP contribution in [-0.4, -0.2) is 93.8 Å². The second-order valence-corrected chi connectivity index (χ2v) is 11.3. The van der Waals surface area contributed by atoms with E-state index in [1.54, 1.807) is 18.2 Å². The van der Waals surface area contributed by atoms with Crippen LogP contribution in [0, 0.1) is 0 Å². The Morgan fingerprint density at radius 2 is 1.87 bits per heavy atom. The summed E-state index contributed by atoms with van der Waals surface area (Å²) in [5.41, 5.74) is 2.77. The Balaban J connectivity index is 0.000000900. The molecule has 0 radical (unpaired) electrons. The number of esters is 1. The van der Waals surface area contributed by atoms with E-state index < -0.39 is 68.2 Å². The topological polar surface area (TPSA) is 231 Å². The Hall–Kier alpha value is -3.58. The third-order valence-corrected chi connectivity index (χ3v) is 7.56. The number of aliphatic hydroxyl groups is 2. The normalized spacial score (nSPS) is 23.2. The number of carboxylic acids is 1. The molecule has 0 spiro atoms. The van der Waals surface area contributed by atoms with Crippen molar-refractivity contribution in [2.45, 2.75) is 56.5 Å². The predicted molar refractivity (Wildman–Crippen MR) is 148 cm³/mol. The average Bonchev–Trinajstić information content (AvgIpc) is 3.18. The SMILES string of the molecule is COCCCOC(=O)[C@H](C)NP(=O)(OC[C@H]1O[C@@H](n2ccc(N)nc2=O)[C@](C)(O)[C@@H]1O)Oc1ccccc1.O=C(O)C(F)(F)F. The molecular weight excluding hydrogens is 636 g/mol. The zero-order chi connectivity index (χ0) is 34.0. The Bertz CT molecular complexity index is 1380. The summed E-state index contributed by atoms with van der Waals surface area (Å²) in [6.45, 7) is 2.65. The second-order valence-electron chi connectivity index (χ2n) is 9.60. The van der Waals surface area contributed by atoms with Crippen molar-refractivity contribution in [3.63, 3.8) is 0 Å². The van der Waals surface area contributed by atoms with Crippen molar-refractivity contribution in [1.82, 2.24) is 14.6 Å². The highest BCUT2D eigenvalue weighted by Gasteiger charge is 2.54. The summed E-state index contributed by atoms with van der Waals surface area (Å²) in [5.74, 6) is -3.30. The van der Waals surface area contributed by atoms with E-state index in [0.717, 1.165) is 4.57 Å². The van der Waals surface area contributed by atoms with Crippen LogP contribution in [0.3, 0.4) is 0 Å². The zero-order valence-electron chi connectivity index (χ0n) is 24.2. The molecule has 1 aromatic carbocycles. The molecule has 0 amide bonds. The van der Waals surface area contributed by atoms with Crippen LogP contribution in [0.5, 0.6) is 5.75 Å². The molecule has 1 aromatic heterocycles. The van der Waals surface area contributed by atoms with Gasteiger partial charge in [0, 0.05) is 26.3 Å². The number of alkyl halides is 3. The lowest BCUT2D eigenvalue weighted by Gasteiger charge is -2.27. The number of nitrogens with zero attached hydrogens (tertiary/aromatic N) is 2. The van der Waals surface area contributed by atoms with Crippen molar-refractivity contribution >= 4 is 25.5 Å². The van der Waals surface area contributed by atoms with Crippen LogP contribution in [0.2, 0.25) is 0 Å². The number of nitrogens with two attached hydrogens (primary N) is 1. The van der Waals surface area contributed by atoms with Gasteiger partial charge in [-0.3, -0.25) is 13.9 Å². The molecule has 2 aromatic rings. The van der Waals surface area contributed by atoms with Gasteiger partial charge in [-0.05, 0) is 32.0 Å². The van der Waals surface area contributed by atoms with Crippen molar-refractivity contribution in [1.29, 1.82) is 0 Å². The van der Waals surface area contributed by atoms with Gasteiger partial charge in [-0.25, -0.2) is 14.2 Å². The first-order valence-corrected chi connectivity index (χ1v) is 14.6. The Kier molecular flexibility index (Phi) is 13.5. The standard InChI is InChI=1S/C23H33N4O10P.C2HF3O2/c1-15(20(29)34-13-7-12-33-3)26-38(32,37-16-8-5-4-6-9-16)35-14-17-19(28)23(2,31)21(36-17)27-11-10-18(24)25-22(27)30;3-2(4,5)1(6)7/h4-6,8-11,15,17,19,21,28,31H,7,12-14H2,1-3H3,(H,26,32)(H2,24,25,30);(H,6,7)/t15-,17+,19+,21+,23+,38?;/m0./s1. The van der Waals surface area contributed by atoms with E-state index >= 15 is 0 Å². The number of aromatic nitrogens is 2. The molecule has 6 N–H and O–H groups in total. The van der Waals surface area contributed by atoms with Gasteiger partial charge >= 0.3 is 31.6 Å². The van der Waals surface area contributed by atoms with Crippen molar-refractivity contribution in [3.8, 4) is 5.75 Å². The molecule has 3 rings (SSSR count). The van der Waals surface area contributed by atoms with Crippen molar-refractivity contribution in [2.75, 3.05) is 32.7 Å². The number of hydrogen-bond donors (Lipinski definition) is 5. The minimum Gasteiger partial charge on any atom is -0.475 e. The summed E-state index contributed by atoms with van der Waals surface area (Å²) in [4.78, 5) is 37.2. The maximum absolute atomic E-state index is 13.7. The lowest BCUT2D eigenvalue weighted by atomic mass is 9.96. The van der Waals surface area contributed by atoms with Crippen LogP contribution >= 0.6 is 7.75 Å². The molecule has 0 saturated carbocycles. The number of halogens is 3. The third kappa shape index (κ3) is 11.1. The summed E-state index contributed by atoms with van der Waals surface area (Å²) in [5, 5.41) is 31.3. The number of methoxy groups -OCH3 is 1. The minimum atomic E-state index is -5.08. The molecule has 45 heavy (non-hydrogen) atoms. The molecule has 0 aliphatic carbocycles. The number of aliphatic carboxylic acids is 1. The average molecular weight is 671 g/mol. The molecule has 20 heteroatoms. The Labute approximate surface area is 254 Å². The first-order valence-electron chi connectivity index (χ1n) is 13.0. The number of benzene rings is 1. The number of carboxylic acid groups (broad SMARTS) is 1.